The van der Waals surface area contributed by atoms with Crippen molar-refractivity contribution in [2.75, 3.05) is 18.1 Å². The summed E-state index contributed by atoms with van der Waals surface area (Å²) in [5.41, 5.74) is 1.03. The van der Waals surface area contributed by atoms with Crippen molar-refractivity contribution in [1.82, 2.24) is 14.9 Å². The highest BCUT2D eigenvalue weighted by molar-refractivity contribution is 7.99. The number of aromatic amines is 1. The SMILES string of the molecule is CC(C)c1cc(C(=O)N2CCSC[C@@H]2c2nccs2)cc(=O)[nH]1. The van der Waals surface area contributed by atoms with Crippen LogP contribution in [0.5, 0.6) is 0 Å². The van der Waals surface area contributed by atoms with Gasteiger partial charge in [0.1, 0.15) is 5.01 Å². The Balaban J connectivity index is 1.93. The van der Waals surface area contributed by atoms with Crippen LogP contribution in [0.1, 0.15) is 46.9 Å². The number of H-pyrrole nitrogens is 1. The number of thioether (sulfide) groups is 1. The number of carbonyl (C=O) groups excluding carboxylic acids is 1. The van der Waals surface area contributed by atoms with Crippen LogP contribution in [0.3, 0.4) is 0 Å². The molecule has 3 heterocycles. The number of thiazole rings is 1. The van der Waals surface area contributed by atoms with E-state index in [1.807, 2.05) is 35.9 Å². The molecule has 2 aromatic rings. The largest absolute Gasteiger partial charge is 0.327 e. The average Bonchev–Trinajstić information content (AvgIpc) is 3.08. The van der Waals surface area contributed by atoms with Crippen LogP contribution < -0.4 is 5.56 Å². The normalized spacial score (nSPS) is 18.4. The summed E-state index contributed by atoms with van der Waals surface area (Å²) in [7, 11) is 0. The molecule has 0 radical (unpaired) electrons. The second-order valence-corrected chi connectivity index (χ2v) is 7.88. The second kappa shape index (κ2) is 6.88. The summed E-state index contributed by atoms with van der Waals surface area (Å²) in [6.07, 6.45) is 1.77. The van der Waals surface area contributed by atoms with Crippen molar-refractivity contribution >= 4 is 29.0 Å². The summed E-state index contributed by atoms with van der Waals surface area (Å²) in [5.74, 6) is 1.84. The molecule has 0 spiro atoms. The fourth-order valence-corrected chi connectivity index (χ4v) is 4.53. The van der Waals surface area contributed by atoms with Gasteiger partial charge in [0.05, 0.1) is 6.04 Å². The number of pyridine rings is 1. The fraction of sp³-hybridized carbons (Fsp3) is 0.438. The number of hydrogen-bond acceptors (Lipinski definition) is 5. The highest BCUT2D eigenvalue weighted by atomic mass is 32.2. The minimum absolute atomic E-state index is 0.0111. The first-order valence-corrected chi connectivity index (χ1v) is 9.62. The van der Waals surface area contributed by atoms with E-state index in [9.17, 15) is 9.59 Å². The van der Waals surface area contributed by atoms with E-state index in [2.05, 4.69) is 9.97 Å². The third-order valence-electron chi connectivity index (χ3n) is 3.86. The Bertz CT molecular complexity index is 740. The fourth-order valence-electron chi connectivity index (χ4n) is 2.62. The van der Waals surface area contributed by atoms with Gasteiger partial charge in [-0.15, -0.1) is 11.3 Å². The minimum atomic E-state index is -0.225. The Morgan fingerprint density at radius 3 is 2.96 bits per heavy atom. The monoisotopic (exact) mass is 349 g/mol. The molecule has 1 N–H and O–H groups in total. The number of hydrogen-bond donors (Lipinski definition) is 1. The maximum atomic E-state index is 13.0. The first-order valence-electron chi connectivity index (χ1n) is 7.58. The predicted octanol–water partition coefficient (Wildman–Crippen LogP) is 2.89. The summed E-state index contributed by atoms with van der Waals surface area (Å²) in [4.78, 5) is 33.9. The molecular formula is C16H19N3O2S2. The molecule has 7 heteroatoms. The van der Waals surface area contributed by atoms with E-state index in [1.165, 1.54) is 6.07 Å². The molecule has 1 fully saturated rings. The van der Waals surface area contributed by atoms with Gasteiger partial charge < -0.3 is 9.88 Å². The molecule has 1 aliphatic heterocycles. The quantitative estimate of drug-likeness (QED) is 0.925. The van der Waals surface area contributed by atoms with Crippen molar-refractivity contribution in [2.45, 2.75) is 25.8 Å². The number of aromatic nitrogens is 2. The summed E-state index contributed by atoms with van der Waals surface area (Å²) in [6, 6.07) is 3.19. The number of amides is 1. The first kappa shape index (κ1) is 16.3. The van der Waals surface area contributed by atoms with E-state index in [-0.39, 0.29) is 23.4 Å². The van der Waals surface area contributed by atoms with Gasteiger partial charge in [-0.25, -0.2) is 4.98 Å². The van der Waals surface area contributed by atoms with Crippen LogP contribution >= 0.6 is 23.1 Å². The van der Waals surface area contributed by atoms with Gasteiger partial charge in [-0.05, 0) is 12.0 Å². The van der Waals surface area contributed by atoms with Crippen molar-refractivity contribution in [1.29, 1.82) is 0 Å². The number of nitrogens with one attached hydrogen (secondary N) is 1. The zero-order chi connectivity index (χ0) is 16.4. The molecule has 0 bridgehead atoms. The van der Waals surface area contributed by atoms with Crippen LogP contribution in [-0.2, 0) is 0 Å². The van der Waals surface area contributed by atoms with Gasteiger partial charge in [0.15, 0.2) is 0 Å². The third kappa shape index (κ3) is 3.50. The molecule has 1 aliphatic rings. The van der Waals surface area contributed by atoms with Crippen molar-refractivity contribution in [3.05, 3.63) is 50.3 Å². The van der Waals surface area contributed by atoms with Crippen molar-refractivity contribution in [3.8, 4) is 0 Å². The molecular weight excluding hydrogens is 330 g/mol. The average molecular weight is 349 g/mol. The van der Waals surface area contributed by atoms with Gasteiger partial charge >= 0.3 is 0 Å². The van der Waals surface area contributed by atoms with E-state index in [0.29, 0.717) is 12.1 Å². The minimum Gasteiger partial charge on any atom is -0.327 e. The molecule has 0 aliphatic carbocycles. The Kier molecular flexibility index (Phi) is 4.87. The lowest BCUT2D eigenvalue weighted by Gasteiger charge is -2.34. The summed E-state index contributed by atoms with van der Waals surface area (Å²) < 4.78 is 0. The van der Waals surface area contributed by atoms with E-state index in [1.54, 1.807) is 23.6 Å². The first-order chi connectivity index (χ1) is 11.1. The molecule has 5 nitrogen and oxygen atoms in total. The molecule has 3 rings (SSSR count). The molecule has 0 aromatic carbocycles. The number of rotatable bonds is 3. The van der Waals surface area contributed by atoms with E-state index < -0.39 is 0 Å². The summed E-state index contributed by atoms with van der Waals surface area (Å²) >= 11 is 3.40. The lowest BCUT2D eigenvalue weighted by Crippen LogP contribution is -2.41. The van der Waals surface area contributed by atoms with Gasteiger partial charge in [0.25, 0.3) is 5.91 Å². The predicted molar refractivity (Wildman–Crippen MR) is 94.4 cm³/mol. The molecule has 0 saturated carbocycles. The zero-order valence-corrected chi connectivity index (χ0v) is 14.7. The van der Waals surface area contributed by atoms with E-state index in [0.717, 1.165) is 22.2 Å². The Hall–Kier alpha value is -1.60. The molecule has 122 valence electrons. The van der Waals surface area contributed by atoms with Gasteiger partial charge in [0.2, 0.25) is 5.56 Å². The van der Waals surface area contributed by atoms with Gasteiger partial charge in [-0.1, -0.05) is 13.8 Å². The molecule has 1 saturated heterocycles. The van der Waals surface area contributed by atoms with E-state index in [4.69, 9.17) is 0 Å². The van der Waals surface area contributed by atoms with Crippen molar-refractivity contribution < 1.29 is 4.79 Å². The number of carbonyl (C=O) groups is 1. The maximum absolute atomic E-state index is 13.0. The topological polar surface area (TPSA) is 66.1 Å². The van der Waals surface area contributed by atoms with Crippen molar-refractivity contribution in [3.63, 3.8) is 0 Å². The van der Waals surface area contributed by atoms with Crippen molar-refractivity contribution in [2.24, 2.45) is 0 Å². The van der Waals surface area contributed by atoms with Crippen LogP contribution in [0.15, 0.2) is 28.5 Å². The second-order valence-electron chi connectivity index (χ2n) is 5.80. The molecule has 2 aromatic heterocycles. The lowest BCUT2D eigenvalue weighted by molar-refractivity contribution is 0.0700. The summed E-state index contributed by atoms with van der Waals surface area (Å²) in [5, 5.41) is 2.89. The van der Waals surface area contributed by atoms with Gasteiger partial charge in [-0.2, -0.15) is 11.8 Å². The summed E-state index contributed by atoms with van der Waals surface area (Å²) in [6.45, 7) is 4.67. The highest BCUT2D eigenvalue weighted by Gasteiger charge is 2.31. The molecule has 1 atom stereocenters. The molecule has 1 amide bonds. The van der Waals surface area contributed by atoms with Gasteiger partial charge in [0, 0.05) is 47.0 Å². The standard InChI is InChI=1S/C16H19N3O2S2/c1-10(2)12-7-11(8-14(20)18-12)16(21)19-4-6-22-9-13(19)15-17-3-5-23-15/h3,5,7-8,10,13H,4,6,9H2,1-2H3,(H,18,20)/t13-/m1/s1. The Morgan fingerprint density at radius 1 is 1.43 bits per heavy atom. The smallest absolute Gasteiger partial charge is 0.254 e. The lowest BCUT2D eigenvalue weighted by atomic mass is 10.1. The van der Waals surface area contributed by atoms with Crippen LogP contribution in [0, 0.1) is 0 Å². The van der Waals surface area contributed by atoms with Crippen LogP contribution in [0.4, 0.5) is 0 Å². The molecule has 0 unspecified atom stereocenters. The highest BCUT2D eigenvalue weighted by Crippen LogP contribution is 2.31. The van der Waals surface area contributed by atoms with Crippen LogP contribution in [-0.4, -0.2) is 38.8 Å². The Morgan fingerprint density at radius 2 is 2.26 bits per heavy atom. The maximum Gasteiger partial charge on any atom is 0.254 e. The van der Waals surface area contributed by atoms with Crippen LogP contribution in [0.2, 0.25) is 0 Å². The van der Waals surface area contributed by atoms with Crippen LogP contribution in [0.25, 0.3) is 0 Å². The number of nitrogens with zero attached hydrogens (tertiary/aromatic N) is 2. The van der Waals surface area contributed by atoms with Gasteiger partial charge in [-0.3, -0.25) is 9.59 Å². The van der Waals surface area contributed by atoms with E-state index >= 15 is 0 Å². The Labute approximate surface area is 143 Å². The zero-order valence-electron chi connectivity index (χ0n) is 13.1. The third-order valence-corrected chi connectivity index (χ3v) is 5.76. The molecule has 23 heavy (non-hydrogen) atoms.